The molecule has 2 aliphatic rings. The highest BCUT2D eigenvalue weighted by molar-refractivity contribution is 5.73. The first-order valence-corrected chi connectivity index (χ1v) is 11.6. The summed E-state index contributed by atoms with van der Waals surface area (Å²) in [4.78, 5) is 34.1. The highest BCUT2D eigenvalue weighted by Gasteiger charge is 2.52. The molecular formula is C22H31N3O13. The number of hydrogen-bond donors (Lipinski definition) is 7. The smallest absolute Gasteiger partial charge is 0.269 e. The molecule has 16 nitrogen and oxygen atoms in total. The van der Waals surface area contributed by atoms with Crippen LogP contribution in [-0.4, -0.2) is 117 Å². The van der Waals surface area contributed by atoms with Gasteiger partial charge < -0.3 is 55.1 Å². The van der Waals surface area contributed by atoms with Crippen molar-refractivity contribution in [2.75, 3.05) is 13.2 Å². The quantitative estimate of drug-likeness (QED) is 0.120. The first-order chi connectivity index (χ1) is 18.0. The van der Waals surface area contributed by atoms with E-state index in [2.05, 4.69) is 10.6 Å². The van der Waals surface area contributed by atoms with Crippen LogP contribution in [0, 0.1) is 10.1 Å². The lowest BCUT2D eigenvalue weighted by Crippen LogP contribution is -2.70. The van der Waals surface area contributed by atoms with Crippen LogP contribution >= 0.6 is 0 Å². The molecular weight excluding hydrogens is 514 g/mol. The maximum atomic E-state index is 12.1. The Hall–Kier alpha value is -2.96. The van der Waals surface area contributed by atoms with E-state index in [1.807, 2.05) is 0 Å². The molecule has 2 fully saturated rings. The molecule has 2 heterocycles. The van der Waals surface area contributed by atoms with E-state index in [4.69, 9.17) is 18.9 Å². The standard InChI is InChI=1S/C22H31N3O13/c1-9(28)23-15-19(32)17(30)13(7-26)36-21(15)38-20-16(24-10(2)29)22(37-14(8-27)18(20)31)35-12-5-3-11(4-6-12)25(33)34/h3-6,13-22,26-27,30-32H,7-8H2,1-2H3,(H,23,28)(H,24,29)/t13-,14-,15-,16-,17+,18-,19-,20-,21+,22-/m1/s1. The summed E-state index contributed by atoms with van der Waals surface area (Å²) >= 11 is 0. The average Bonchev–Trinajstić information content (AvgIpc) is 2.86. The van der Waals surface area contributed by atoms with Crippen LogP contribution in [-0.2, 0) is 23.8 Å². The summed E-state index contributed by atoms with van der Waals surface area (Å²) in [5.74, 6) is -1.11. The van der Waals surface area contributed by atoms with Crippen molar-refractivity contribution >= 4 is 17.5 Å². The number of nitro benzene ring substituents is 1. The molecule has 3 rings (SSSR count). The highest BCUT2D eigenvalue weighted by atomic mass is 16.7. The molecule has 38 heavy (non-hydrogen) atoms. The van der Waals surface area contributed by atoms with Crippen LogP contribution in [0.15, 0.2) is 24.3 Å². The Balaban J connectivity index is 1.93. The summed E-state index contributed by atoms with van der Waals surface area (Å²) < 4.78 is 22.9. The Labute approximate surface area is 216 Å². The summed E-state index contributed by atoms with van der Waals surface area (Å²) in [7, 11) is 0. The Bertz CT molecular complexity index is 980. The minimum atomic E-state index is -1.65. The van der Waals surface area contributed by atoms with Crippen LogP contribution < -0.4 is 15.4 Å². The molecule has 2 amide bonds. The lowest BCUT2D eigenvalue weighted by molar-refractivity contribution is -0.384. The number of nitrogens with zero attached hydrogens (tertiary/aromatic N) is 1. The molecule has 0 saturated carbocycles. The van der Waals surface area contributed by atoms with Gasteiger partial charge in [-0.15, -0.1) is 0 Å². The van der Waals surface area contributed by atoms with E-state index in [1.54, 1.807) is 0 Å². The van der Waals surface area contributed by atoms with Crippen LogP contribution in [0.25, 0.3) is 0 Å². The maximum absolute atomic E-state index is 12.1. The molecule has 16 heteroatoms. The van der Waals surface area contributed by atoms with Gasteiger partial charge in [0.15, 0.2) is 6.29 Å². The van der Waals surface area contributed by atoms with E-state index in [-0.39, 0.29) is 11.4 Å². The molecule has 212 valence electrons. The predicted molar refractivity (Wildman–Crippen MR) is 123 cm³/mol. The molecule has 7 N–H and O–H groups in total. The molecule has 2 aliphatic heterocycles. The van der Waals surface area contributed by atoms with Crippen LogP contribution in [0.5, 0.6) is 5.75 Å². The Morgan fingerprint density at radius 3 is 1.95 bits per heavy atom. The van der Waals surface area contributed by atoms with E-state index >= 15 is 0 Å². The largest absolute Gasteiger partial charge is 0.463 e. The Morgan fingerprint density at radius 1 is 0.895 bits per heavy atom. The highest BCUT2D eigenvalue weighted by Crippen LogP contribution is 2.31. The summed E-state index contributed by atoms with van der Waals surface area (Å²) in [6, 6.07) is 2.27. The predicted octanol–water partition coefficient (Wildman–Crippen LogP) is -3.11. The molecule has 1 aromatic rings. The van der Waals surface area contributed by atoms with Gasteiger partial charge in [-0.1, -0.05) is 0 Å². The third kappa shape index (κ3) is 6.72. The summed E-state index contributed by atoms with van der Waals surface area (Å²) in [5.41, 5.74) is -0.206. The molecule has 1 aromatic carbocycles. The zero-order valence-corrected chi connectivity index (χ0v) is 20.4. The van der Waals surface area contributed by atoms with Crippen molar-refractivity contribution in [1.29, 1.82) is 0 Å². The van der Waals surface area contributed by atoms with Gasteiger partial charge in [-0.2, -0.15) is 0 Å². The average molecular weight is 545 g/mol. The van der Waals surface area contributed by atoms with Crippen LogP contribution in [0.4, 0.5) is 5.69 Å². The van der Waals surface area contributed by atoms with Gasteiger partial charge >= 0.3 is 0 Å². The van der Waals surface area contributed by atoms with E-state index in [0.29, 0.717) is 0 Å². The van der Waals surface area contributed by atoms with E-state index in [9.17, 15) is 45.2 Å². The lowest BCUT2D eigenvalue weighted by Gasteiger charge is -2.48. The van der Waals surface area contributed by atoms with Crippen molar-refractivity contribution in [1.82, 2.24) is 10.6 Å². The number of rotatable bonds is 9. The van der Waals surface area contributed by atoms with Gasteiger partial charge in [0.2, 0.25) is 18.1 Å². The van der Waals surface area contributed by atoms with Crippen molar-refractivity contribution in [3.05, 3.63) is 34.4 Å². The fourth-order valence-electron chi connectivity index (χ4n) is 4.24. The zero-order chi connectivity index (χ0) is 28.1. The number of nitro groups is 1. The van der Waals surface area contributed by atoms with Gasteiger partial charge in [0.05, 0.1) is 18.1 Å². The number of ether oxygens (including phenoxy) is 4. The van der Waals surface area contributed by atoms with Crippen LogP contribution in [0.3, 0.4) is 0 Å². The summed E-state index contributed by atoms with van der Waals surface area (Å²) in [5, 5.41) is 67.0. The number of hydrogen-bond acceptors (Lipinski definition) is 13. The van der Waals surface area contributed by atoms with Crippen molar-refractivity contribution in [2.45, 2.75) is 75.1 Å². The third-order valence-electron chi connectivity index (χ3n) is 6.07. The summed E-state index contributed by atoms with van der Waals surface area (Å²) in [6.07, 6.45) is -11.9. The minimum absolute atomic E-state index is 0.0895. The normalized spacial score (nSPS) is 35.2. The molecule has 0 aromatic heterocycles. The molecule has 0 aliphatic carbocycles. The fourth-order valence-corrected chi connectivity index (χ4v) is 4.24. The first kappa shape index (κ1) is 29.6. The molecule has 10 atom stereocenters. The van der Waals surface area contributed by atoms with Crippen molar-refractivity contribution in [3.8, 4) is 5.75 Å². The second-order valence-corrected chi connectivity index (χ2v) is 8.84. The first-order valence-electron chi connectivity index (χ1n) is 11.6. The van der Waals surface area contributed by atoms with Gasteiger partial charge in [-0.3, -0.25) is 19.7 Å². The second-order valence-electron chi connectivity index (χ2n) is 8.84. The van der Waals surface area contributed by atoms with E-state index in [0.717, 1.165) is 6.92 Å². The number of carbonyl (C=O) groups excluding carboxylic acids is 2. The monoisotopic (exact) mass is 545 g/mol. The Morgan fingerprint density at radius 2 is 1.42 bits per heavy atom. The summed E-state index contributed by atoms with van der Waals surface area (Å²) in [6.45, 7) is 0.883. The van der Waals surface area contributed by atoms with E-state index < -0.39 is 91.2 Å². The van der Waals surface area contributed by atoms with Crippen molar-refractivity contribution in [2.24, 2.45) is 0 Å². The molecule has 0 unspecified atom stereocenters. The fraction of sp³-hybridized carbons (Fsp3) is 0.636. The minimum Gasteiger partial charge on any atom is -0.463 e. The number of nitrogens with one attached hydrogen (secondary N) is 2. The zero-order valence-electron chi connectivity index (χ0n) is 20.4. The van der Waals surface area contributed by atoms with Gasteiger partial charge in [0, 0.05) is 26.0 Å². The van der Waals surface area contributed by atoms with Crippen molar-refractivity contribution < 1.29 is 59.0 Å². The maximum Gasteiger partial charge on any atom is 0.269 e. The van der Waals surface area contributed by atoms with Crippen molar-refractivity contribution in [3.63, 3.8) is 0 Å². The molecule has 0 radical (unpaired) electrons. The van der Waals surface area contributed by atoms with Gasteiger partial charge in [-0.25, -0.2) is 0 Å². The topological polar surface area (TPSA) is 239 Å². The number of benzene rings is 1. The molecule has 0 spiro atoms. The van der Waals surface area contributed by atoms with Crippen LogP contribution in [0.2, 0.25) is 0 Å². The number of aliphatic hydroxyl groups excluding tert-OH is 5. The molecule has 2 saturated heterocycles. The Kier molecular flexibility index (Phi) is 9.91. The lowest BCUT2D eigenvalue weighted by atomic mass is 9.94. The van der Waals surface area contributed by atoms with E-state index in [1.165, 1.54) is 31.2 Å². The second kappa shape index (κ2) is 12.7. The SMILES string of the molecule is CC(=O)N[C@H]1[C@H](O[C@H]2[C@H](O)[C@@H](CO)O[C@@H](Oc3ccc([N+](=O)[O-])cc3)[C@@H]2NC(C)=O)O[C@H](CO)[C@H](O)[C@@H]1O. The number of amides is 2. The number of carbonyl (C=O) groups is 2. The van der Waals surface area contributed by atoms with Crippen LogP contribution in [0.1, 0.15) is 13.8 Å². The van der Waals surface area contributed by atoms with Gasteiger partial charge in [-0.05, 0) is 12.1 Å². The third-order valence-corrected chi connectivity index (χ3v) is 6.07. The van der Waals surface area contributed by atoms with Gasteiger partial charge in [0.1, 0.15) is 54.5 Å². The van der Waals surface area contributed by atoms with Gasteiger partial charge in [0.25, 0.3) is 5.69 Å². The molecule has 0 bridgehead atoms. The number of aliphatic hydroxyl groups is 5. The number of non-ortho nitro benzene ring substituents is 1.